The molecular weight excluding hydrogens is 349 g/mol. The van der Waals surface area contributed by atoms with Crippen molar-refractivity contribution in [3.05, 3.63) is 35.6 Å². The largest absolute Gasteiger partial charge is 0.348 e. The highest BCUT2D eigenvalue weighted by Gasteiger charge is 2.49. The number of amides is 3. The van der Waals surface area contributed by atoms with E-state index in [1.165, 1.54) is 23.4 Å². The van der Waals surface area contributed by atoms with Crippen LogP contribution in [0.1, 0.15) is 31.2 Å². The minimum Gasteiger partial charge on any atom is -0.322 e. The first kappa shape index (κ1) is 17.8. The summed E-state index contributed by atoms with van der Waals surface area (Å²) in [6, 6.07) is 5.66. The predicted molar refractivity (Wildman–Crippen MR) is 90.0 cm³/mol. The number of carbonyl (C=O) groups is 2. The van der Waals surface area contributed by atoms with Gasteiger partial charge in [0.15, 0.2) is 0 Å². The number of carbonyl (C=O) groups excluding carboxylic acids is 2. The van der Waals surface area contributed by atoms with Crippen molar-refractivity contribution in [1.29, 1.82) is 0 Å². The number of hydrogen-bond donors (Lipinski definition) is 2. The average Bonchev–Trinajstić information content (AvgIpc) is 2.79. The zero-order valence-electron chi connectivity index (χ0n) is 13.8. The lowest BCUT2D eigenvalue weighted by Crippen LogP contribution is -2.53. The summed E-state index contributed by atoms with van der Waals surface area (Å²) in [6.45, 7) is 2.22. The van der Waals surface area contributed by atoms with E-state index >= 15 is 0 Å². The van der Waals surface area contributed by atoms with Gasteiger partial charge < -0.3 is 5.32 Å². The fourth-order valence-electron chi connectivity index (χ4n) is 3.36. The Labute approximate surface area is 145 Å². The molecule has 7 nitrogen and oxygen atoms in total. The number of benzene rings is 1. The van der Waals surface area contributed by atoms with Crippen molar-refractivity contribution in [3.63, 3.8) is 0 Å². The Morgan fingerprint density at radius 1 is 1.28 bits per heavy atom. The maximum atomic E-state index is 13.0. The molecule has 136 valence electrons. The molecule has 0 spiro atoms. The number of halogens is 1. The van der Waals surface area contributed by atoms with Crippen molar-refractivity contribution >= 4 is 22.0 Å². The lowest BCUT2D eigenvalue weighted by Gasteiger charge is -2.30. The number of imide groups is 1. The van der Waals surface area contributed by atoms with Crippen molar-refractivity contribution < 1.29 is 22.4 Å². The van der Waals surface area contributed by atoms with Crippen LogP contribution in [0, 0.1) is 5.82 Å². The van der Waals surface area contributed by atoms with Crippen molar-refractivity contribution in [2.24, 2.45) is 0 Å². The SMILES string of the molecule is C[C@]1(CS(=O)(=[OH+])N2CCC(c3ccc(F)cc3)CC2)NC(=O)NC1=O. The summed E-state index contributed by atoms with van der Waals surface area (Å²) in [7, 11) is -3.45. The number of nitrogens with zero attached hydrogens (tertiary/aromatic N) is 1. The van der Waals surface area contributed by atoms with Gasteiger partial charge in [0.25, 0.3) is 5.91 Å². The Bertz CT molecular complexity index is 788. The van der Waals surface area contributed by atoms with Crippen LogP contribution in [0.5, 0.6) is 0 Å². The van der Waals surface area contributed by atoms with E-state index in [0.29, 0.717) is 25.9 Å². The maximum Gasteiger partial charge on any atom is 0.348 e. The number of piperidine rings is 1. The topological polar surface area (TPSA) is 99.9 Å². The molecule has 1 aromatic carbocycles. The first-order valence-corrected chi connectivity index (χ1v) is 9.72. The van der Waals surface area contributed by atoms with E-state index < -0.39 is 27.5 Å². The standard InChI is InChI=1S/C16H20FN3O4S/c1-16(14(21)18-15(22)19-16)10-25(23,24)20-8-6-12(7-9-20)11-2-4-13(17)5-3-11/h2-5,12H,6-10H2,1H3,(H2,18,19,21,22)/p+1/t16-/m1/s1. The third-order valence-corrected chi connectivity index (χ3v) is 6.92. The fourth-order valence-corrected chi connectivity index (χ4v) is 5.28. The molecule has 2 saturated heterocycles. The molecule has 0 radical (unpaired) electrons. The zero-order valence-corrected chi connectivity index (χ0v) is 14.6. The van der Waals surface area contributed by atoms with Crippen LogP contribution in [0.3, 0.4) is 0 Å². The summed E-state index contributed by atoms with van der Waals surface area (Å²) >= 11 is 0. The Morgan fingerprint density at radius 3 is 2.40 bits per heavy atom. The third kappa shape index (κ3) is 3.67. The van der Waals surface area contributed by atoms with E-state index in [9.17, 15) is 22.4 Å². The molecule has 0 aromatic heterocycles. The van der Waals surface area contributed by atoms with E-state index in [1.807, 2.05) is 0 Å². The van der Waals surface area contributed by atoms with Gasteiger partial charge in [0, 0.05) is 13.1 Å². The predicted octanol–water partition coefficient (Wildman–Crippen LogP) is 1.09. The number of nitrogens with one attached hydrogen (secondary N) is 2. The summed E-state index contributed by atoms with van der Waals surface area (Å²) in [4.78, 5) is 23.1. The molecule has 25 heavy (non-hydrogen) atoms. The van der Waals surface area contributed by atoms with Crippen molar-refractivity contribution in [2.75, 3.05) is 18.8 Å². The van der Waals surface area contributed by atoms with E-state index in [2.05, 4.69) is 10.6 Å². The Hall–Kier alpha value is -2.00. The molecule has 2 atom stereocenters. The third-order valence-electron chi connectivity index (χ3n) is 4.79. The molecule has 1 unspecified atom stereocenters. The quantitative estimate of drug-likeness (QED) is 0.613. The van der Waals surface area contributed by atoms with Gasteiger partial charge in [-0.1, -0.05) is 12.1 Å². The second-order valence-electron chi connectivity index (χ2n) is 6.75. The van der Waals surface area contributed by atoms with Crippen LogP contribution in [0.25, 0.3) is 0 Å². The second-order valence-corrected chi connectivity index (χ2v) is 8.76. The zero-order chi connectivity index (χ0) is 18.2. The number of urea groups is 1. The molecule has 2 heterocycles. The molecule has 3 N–H and O–H groups in total. The van der Waals surface area contributed by atoms with Crippen molar-refractivity contribution in [1.82, 2.24) is 14.9 Å². The Balaban J connectivity index is 1.64. The van der Waals surface area contributed by atoms with Gasteiger partial charge >= 0.3 is 16.1 Å². The summed E-state index contributed by atoms with van der Waals surface area (Å²) in [6.07, 6.45) is 1.33. The van der Waals surface area contributed by atoms with Gasteiger partial charge in [0.1, 0.15) is 17.1 Å². The monoisotopic (exact) mass is 370 g/mol. The number of rotatable bonds is 4. The molecule has 2 aliphatic rings. The molecule has 2 fully saturated rings. The van der Waals surface area contributed by atoms with E-state index in [4.69, 9.17) is 0 Å². The molecule has 9 heteroatoms. The fraction of sp³-hybridized carbons (Fsp3) is 0.500. The van der Waals surface area contributed by atoms with Gasteiger partial charge in [-0.3, -0.25) is 10.1 Å². The molecule has 0 aliphatic carbocycles. The van der Waals surface area contributed by atoms with Crippen LogP contribution in [0.2, 0.25) is 0 Å². The van der Waals surface area contributed by atoms with E-state index in [0.717, 1.165) is 5.56 Å². The van der Waals surface area contributed by atoms with Gasteiger partial charge in [-0.05, 0) is 43.4 Å². The summed E-state index contributed by atoms with van der Waals surface area (Å²) < 4.78 is 37.7. The van der Waals surface area contributed by atoms with Crippen LogP contribution in [-0.2, 0) is 14.8 Å². The minimum atomic E-state index is -3.45. The average molecular weight is 370 g/mol. The summed E-state index contributed by atoms with van der Waals surface area (Å²) in [5.41, 5.74) is -0.378. The van der Waals surface area contributed by atoms with Crippen LogP contribution in [0.4, 0.5) is 9.18 Å². The van der Waals surface area contributed by atoms with E-state index in [-0.39, 0.29) is 17.5 Å². The second kappa shape index (κ2) is 6.38. The molecule has 0 bridgehead atoms. The lowest BCUT2D eigenvalue weighted by molar-refractivity contribution is -0.122. The van der Waals surface area contributed by atoms with Crippen molar-refractivity contribution in [3.8, 4) is 0 Å². The van der Waals surface area contributed by atoms with Gasteiger partial charge in [-0.2, -0.15) is 8.51 Å². The number of hydrogen-bond acceptors (Lipinski definition) is 3. The molecule has 1 aromatic rings. The highest BCUT2D eigenvalue weighted by atomic mass is 32.2. The highest BCUT2D eigenvalue weighted by molar-refractivity contribution is 7.89. The van der Waals surface area contributed by atoms with Gasteiger partial charge in [0.05, 0.1) is 0 Å². The van der Waals surface area contributed by atoms with Crippen LogP contribution >= 0.6 is 0 Å². The first-order valence-electron chi connectivity index (χ1n) is 8.08. The molecule has 3 rings (SSSR count). The van der Waals surface area contributed by atoms with Gasteiger partial charge in [-0.25, -0.2) is 13.4 Å². The first-order chi connectivity index (χ1) is 11.7. The van der Waals surface area contributed by atoms with Crippen LogP contribution in [0.15, 0.2) is 24.3 Å². The smallest absolute Gasteiger partial charge is 0.322 e. The molecule has 3 amide bonds. The minimum absolute atomic E-state index is 0.206. The lowest BCUT2D eigenvalue weighted by atomic mass is 9.90. The van der Waals surface area contributed by atoms with Crippen LogP contribution in [-0.4, -0.2) is 49.0 Å². The van der Waals surface area contributed by atoms with E-state index in [1.54, 1.807) is 12.1 Å². The Kier molecular flexibility index (Phi) is 4.54. The molecular formula is C16H21FN3O4S+. The van der Waals surface area contributed by atoms with Crippen molar-refractivity contribution in [2.45, 2.75) is 31.2 Å². The molecule has 0 saturated carbocycles. The van der Waals surface area contributed by atoms with Gasteiger partial charge in [-0.15, -0.1) is 0 Å². The normalized spacial score (nSPS) is 27.6. The molecule has 2 aliphatic heterocycles. The Morgan fingerprint density at radius 2 is 1.88 bits per heavy atom. The summed E-state index contributed by atoms with van der Waals surface area (Å²) in [5.74, 6) is -1.04. The summed E-state index contributed by atoms with van der Waals surface area (Å²) in [5, 5.41) is 4.51. The highest BCUT2D eigenvalue weighted by Crippen LogP contribution is 2.30. The van der Waals surface area contributed by atoms with Crippen LogP contribution < -0.4 is 10.6 Å². The maximum absolute atomic E-state index is 13.0. The van der Waals surface area contributed by atoms with Gasteiger partial charge in [0.2, 0.25) is 0 Å².